The van der Waals surface area contributed by atoms with Gasteiger partial charge in [-0.3, -0.25) is 0 Å². The van der Waals surface area contributed by atoms with Crippen molar-refractivity contribution < 1.29 is 19.4 Å². The molecule has 9 heteroatoms. The number of hydrogen-bond donors (Lipinski definition) is 3. The molecule has 2 aromatic heterocycles. The van der Waals surface area contributed by atoms with Crippen molar-refractivity contribution in [3.05, 3.63) is 35.9 Å². The number of hydrogen-bond acceptors (Lipinski definition) is 7. The van der Waals surface area contributed by atoms with Crippen molar-refractivity contribution >= 4 is 23.0 Å². The maximum atomic E-state index is 11.1. The number of aromatic nitrogens is 4. The molecule has 0 amide bonds. The summed E-state index contributed by atoms with van der Waals surface area (Å²) in [5.41, 5.74) is 7.62. The first-order chi connectivity index (χ1) is 12.8. The summed E-state index contributed by atoms with van der Waals surface area (Å²) in [5, 5.41) is 9.08. The first kappa shape index (κ1) is 18.4. The van der Waals surface area contributed by atoms with Crippen molar-refractivity contribution in [1.29, 1.82) is 0 Å². The van der Waals surface area contributed by atoms with E-state index in [9.17, 15) is 4.79 Å². The molecule has 1 aromatic carbocycles. The van der Waals surface area contributed by atoms with E-state index >= 15 is 0 Å². The number of nitrogen functional groups attached to an aromatic ring is 1. The van der Waals surface area contributed by atoms with Crippen molar-refractivity contribution in [3.8, 4) is 11.5 Å². The highest BCUT2D eigenvalue weighted by Gasteiger charge is 2.30. The number of aromatic amines is 1. The van der Waals surface area contributed by atoms with Crippen molar-refractivity contribution in [1.82, 2.24) is 19.9 Å². The predicted octanol–water partition coefficient (Wildman–Crippen LogP) is 2.43. The molecule has 0 aliphatic carbocycles. The van der Waals surface area contributed by atoms with E-state index in [1.807, 2.05) is 13.8 Å². The van der Waals surface area contributed by atoms with Crippen molar-refractivity contribution in [2.24, 2.45) is 0 Å². The molecule has 27 heavy (non-hydrogen) atoms. The Hall–Kier alpha value is -3.36. The van der Waals surface area contributed by atoms with Gasteiger partial charge in [-0.1, -0.05) is 0 Å². The van der Waals surface area contributed by atoms with E-state index in [2.05, 4.69) is 19.9 Å². The van der Waals surface area contributed by atoms with Gasteiger partial charge in [-0.15, -0.1) is 0 Å². The number of methoxy groups -OCH3 is 1. The molecule has 3 heterocycles. The Balaban J connectivity index is 0.000000177. The number of carbonyl (C=O) groups is 1. The fourth-order valence-corrected chi connectivity index (χ4v) is 2.90. The van der Waals surface area contributed by atoms with Gasteiger partial charge in [0.05, 0.1) is 13.4 Å². The van der Waals surface area contributed by atoms with Crippen molar-refractivity contribution in [2.75, 3.05) is 12.8 Å². The van der Waals surface area contributed by atoms with Crippen LogP contribution < -0.4 is 15.2 Å². The summed E-state index contributed by atoms with van der Waals surface area (Å²) < 4.78 is 11.0. The molecular formula is C18H21N5O4. The molecule has 142 valence electrons. The Morgan fingerprint density at radius 2 is 2.11 bits per heavy atom. The fourth-order valence-electron chi connectivity index (χ4n) is 2.90. The quantitative estimate of drug-likeness (QED) is 0.625. The highest BCUT2D eigenvalue weighted by atomic mass is 16.5. The maximum Gasteiger partial charge on any atom is 0.339 e. The Bertz CT molecular complexity index is 983. The van der Waals surface area contributed by atoms with Crippen molar-refractivity contribution in [3.63, 3.8) is 0 Å². The average molecular weight is 371 g/mol. The standard InChI is InChI=1S/C13H16O4.C5H5N5/c1-13(2)7-6-8-10(17-13)5-4-9(12(14)15)11(8)16-3;6-4-3-5(9-1-7-3)10-2-8-4/h4-5H,6-7H2,1-3H3,(H,14,15);1-2H,(H3,6,7,8,9,10). The number of anilines is 1. The van der Waals surface area contributed by atoms with Crippen LogP contribution >= 0.6 is 0 Å². The molecule has 0 fully saturated rings. The smallest absolute Gasteiger partial charge is 0.339 e. The Morgan fingerprint density at radius 1 is 1.33 bits per heavy atom. The number of nitrogens with one attached hydrogen (secondary N) is 1. The van der Waals surface area contributed by atoms with E-state index in [0.717, 1.165) is 24.2 Å². The topological polar surface area (TPSA) is 136 Å². The number of carboxylic acid groups (broad SMARTS) is 1. The second kappa shape index (κ2) is 7.10. The van der Waals surface area contributed by atoms with Crippen molar-refractivity contribution in [2.45, 2.75) is 32.3 Å². The van der Waals surface area contributed by atoms with Gasteiger partial charge in [0.25, 0.3) is 0 Å². The molecular weight excluding hydrogens is 350 g/mol. The zero-order chi connectivity index (χ0) is 19.6. The lowest BCUT2D eigenvalue weighted by Crippen LogP contribution is -2.32. The molecule has 4 N–H and O–H groups in total. The third kappa shape index (κ3) is 3.76. The normalized spacial score (nSPS) is 14.5. The predicted molar refractivity (Wildman–Crippen MR) is 99.1 cm³/mol. The van der Waals surface area contributed by atoms with E-state index in [-0.39, 0.29) is 11.2 Å². The molecule has 0 radical (unpaired) electrons. The van der Waals surface area contributed by atoms with E-state index in [1.165, 1.54) is 25.8 Å². The molecule has 0 bridgehead atoms. The summed E-state index contributed by atoms with van der Waals surface area (Å²) in [7, 11) is 1.49. The second-order valence-corrected chi connectivity index (χ2v) is 6.65. The Labute approximate surface area is 155 Å². The zero-order valence-corrected chi connectivity index (χ0v) is 15.3. The number of imidazole rings is 1. The number of benzene rings is 1. The maximum absolute atomic E-state index is 11.1. The number of H-pyrrole nitrogens is 1. The van der Waals surface area contributed by atoms with Gasteiger partial charge in [0.15, 0.2) is 11.5 Å². The van der Waals surface area contributed by atoms with Crippen LogP contribution in [0.3, 0.4) is 0 Å². The zero-order valence-electron chi connectivity index (χ0n) is 15.3. The summed E-state index contributed by atoms with van der Waals surface area (Å²) >= 11 is 0. The van der Waals surface area contributed by atoms with Crippen LogP contribution in [0.15, 0.2) is 24.8 Å². The van der Waals surface area contributed by atoms with Crippen LogP contribution in [0, 0.1) is 0 Å². The van der Waals surface area contributed by atoms with E-state index in [0.29, 0.717) is 22.7 Å². The summed E-state index contributed by atoms with van der Waals surface area (Å²) in [5.74, 6) is 0.602. The molecule has 0 spiro atoms. The lowest BCUT2D eigenvalue weighted by Gasteiger charge is -2.33. The number of fused-ring (bicyclic) bond motifs is 2. The second-order valence-electron chi connectivity index (χ2n) is 6.65. The number of ether oxygens (including phenoxy) is 2. The highest BCUT2D eigenvalue weighted by molar-refractivity contribution is 5.92. The van der Waals surface area contributed by atoms with Gasteiger partial charge < -0.3 is 25.3 Å². The Morgan fingerprint density at radius 3 is 2.78 bits per heavy atom. The summed E-state index contributed by atoms with van der Waals surface area (Å²) in [6.07, 6.45) is 4.54. The third-order valence-corrected chi connectivity index (χ3v) is 4.27. The monoisotopic (exact) mass is 371 g/mol. The Kier molecular flexibility index (Phi) is 4.85. The summed E-state index contributed by atoms with van der Waals surface area (Å²) in [6.45, 7) is 4.04. The molecule has 3 aromatic rings. The SMILES string of the molecule is COc1c(C(=O)O)ccc2c1CCC(C)(C)O2.Nc1ncnc2nc[nH]c12. The van der Waals surface area contributed by atoms with E-state index in [4.69, 9.17) is 20.3 Å². The van der Waals surface area contributed by atoms with Gasteiger partial charge in [-0.05, 0) is 38.8 Å². The molecule has 9 nitrogen and oxygen atoms in total. The molecule has 0 saturated carbocycles. The molecule has 0 atom stereocenters. The van der Waals surface area contributed by atoms with Crippen LogP contribution in [0.2, 0.25) is 0 Å². The largest absolute Gasteiger partial charge is 0.495 e. The lowest BCUT2D eigenvalue weighted by atomic mass is 9.92. The van der Waals surface area contributed by atoms with Gasteiger partial charge in [0.2, 0.25) is 0 Å². The number of nitrogens with zero attached hydrogens (tertiary/aromatic N) is 3. The lowest BCUT2D eigenvalue weighted by molar-refractivity contribution is 0.0690. The van der Waals surface area contributed by atoms with Crippen LogP contribution in [0.25, 0.3) is 11.2 Å². The number of rotatable bonds is 2. The van der Waals surface area contributed by atoms with Crippen LogP contribution in [0.1, 0.15) is 36.2 Å². The minimum atomic E-state index is -0.977. The number of aromatic carboxylic acids is 1. The van der Waals surface area contributed by atoms with Crippen LogP contribution in [0.5, 0.6) is 11.5 Å². The minimum absolute atomic E-state index is 0.189. The molecule has 1 aliphatic heterocycles. The minimum Gasteiger partial charge on any atom is -0.495 e. The first-order valence-electron chi connectivity index (χ1n) is 8.34. The highest BCUT2D eigenvalue weighted by Crippen LogP contribution is 2.40. The summed E-state index contributed by atoms with van der Waals surface area (Å²) in [6, 6.07) is 3.24. The molecule has 4 rings (SSSR count). The first-order valence-corrected chi connectivity index (χ1v) is 8.34. The average Bonchev–Trinajstić information content (AvgIpc) is 3.10. The van der Waals surface area contributed by atoms with Gasteiger partial charge in [-0.25, -0.2) is 19.7 Å². The molecule has 1 aliphatic rings. The van der Waals surface area contributed by atoms with E-state index < -0.39 is 5.97 Å². The van der Waals surface area contributed by atoms with Gasteiger partial charge >= 0.3 is 5.97 Å². The summed E-state index contributed by atoms with van der Waals surface area (Å²) in [4.78, 5) is 25.4. The number of nitrogens with two attached hydrogens (primary N) is 1. The third-order valence-electron chi connectivity index (χ3n) is 4.27. The molecule has 0 unspecified atom stereocenters. The van der Waals surface area contributed by atoms with Crippen LogP contribution in [-0.4, -0.2) is 43.7 Å². The van der Waals surface area contributed by atoms with Gasteiger partial charge in [-0.2, -0.15) is 0 Å². The van der Waals surface area contributed by atoms with E-state index in [1.54, 1.807) is 6.07 Å². The van der Waals surface area contributed by atoms with Crippen LogP contribution in [-0.2, 0) is 6.42 Å². The van der Waals surface area contributed by atoms with Gasteiger partial charge in [0, 0.05) is 5.56 Å². The van der Waals surface area contributed by atoms with Crippen LogP contribution in [0.4, 0.5) is 5.82 Å². The van der Waals surface area contributed by atoms with Gasteiger partial charge in [0.1, 0.15) is 34.5 Å². The molecule has 0 saturated heterocycles. The fraction of sp³-hybridized carbons (Fsp3) is 0.333. The number of carboxylic acids is 1.